The highest BCUT2D eigenvalue weighted by molar-refractivity contribution is 6.21. The molecule has 4 rings (SSSR count). The zero-order valence-corrected chi connectivity index (χ0v) is 17.4. The summed E-state index contributed by atoms with van der Waals surface area (Å²) < 4.78 is 5.22. The van der Waals surface area contributed by atoms with Crippen LogP contribution in [-0.4, -0.2) is 42.8 Å². The zero-order valence-electron chi connectivity index (χ0n) is 17.4. The van der Waals surface area contributed by atoms with Gasteiger partial charge in [-0.1, -0.05) is 30.3 Å². The van der Waals surface area contributed by atoms with E-state index < -0.39 is 0 Å². The number of nitrogens with zero attached hydrogens (tertiary/aromatic N) is 2. The normalized spacial score (nSPS) is 12.6. The Morgan fingerprint density at radius 3 is 2.03 bits per heavy atom. The highest BCUT2D eigenvalue weighted by atomic mass is 16.5. The van der Waals surface area contributed by atoms with Gasteiger partial charge in [-0.15, -0.1) is 0 Å². The minimum Gasteiger partial charge on any atom is -0.497 e. The van der Waals surface area contributed by atoms with Crippen LogP contribution in [0.3, 0.4) is 0 Å². The van der Waals surface area contributed by atoms with Gasteiger partial charge in [0.25, 0.3) is 17.7 Å². The molecule has 0 fully saturated rings. The van der Waals surface area contributed by atoms with Gasteiger partial charge < -0.3 is 9.64 Å². The molecule has 1 aliphatic heterocycles. The largest absolute Gasteiger partial charge is 0.497 e. The van der Waals surface area contributed by atoms with Gasteiger partial charge >= 0.3 is 0 Å². The Hall–Kier alpha value is -3.93. The lowest BCUT2D eigenvalue weighted by Gasteiger charge is -2.26. The Bertz CT molecular complexity index is 1120. The van der Waals surface area contributed by atoms with Gasteiger partial charge in [-0.05, 0) is 55.0 Å². The highest BCUT2D eigenvalue weighted by Gasteiger charge is 2.35. The summed E-state index contributed by atoms with van der Waals surface area (Å²) >= 11 is 0. The molecule has 1 heterocycles. The predicted molar refractivity (Wildman–Crippen MR) is 118 cm³/mol. The van der Waals surface area contributed by atoms with E-state index >= 15 is 0 Å². The molecule has 0 atom stereocenters. The van der Waals surface area contributed by atoms with Gasteiger partial charge in [-0.3, -0.25) is 19.3 Å². The van der Waals surface area contributed by atoms with E-state index in [4.69, 9.17) is 4.74 Å². The van der Waals surface area contributed by atoms with Crippen molar-refractivity contribution in [2.24, 2.45) is 0 Å². The minimum atomic E-state index is -0.335. The summed E-state index contributed by atoms with van der Waals surface area (Å²) in [5.74, 6) is -0.190. The molecule has 0 N–H and O–H groups in total. The van der Waals surface area contributed by atoms with Crippen LogP contribution in [0, 0.1) is 6.92 Å². The number of aryl methyl sites for hydroxylation is 1. The van der Waals surface area contributed by atoms with E-state index in [-0.39, 0.29) is 30.8 Å². The molecule has 0 aromatic heterocycles. The highest BCUT2D eigenvalue weighted by Crippen LogP contribution is 2.25. The minimum absolute atomic E-state index is 0.0933. The van der Waals surface area contributed by atoms with Crippen molar-refractivity contribution in [3.63, 3.8) is 0 Å². The smallest absolute Gasteiger partial charge is 0.261 e. The standard InChI is InChI=1S/C25H22N2O4/c1-17-7-3-4-8-20(17)23(28)26(18-11-13-19(31-2)14-12-18)15-16-27-24(29)21-9-5-6-10-22(21)25(27)30/h3-14H,15-16H2,1-2H3. The fourth-order valence-corrected chi connectivity index (χ4v) is 3.71. The van der Waals surface area contributed by atoms with Gasteiger partial charge in [0, 0.05) is 24.3 Å². The second kappa shape index (κ2) is 8.44. The van der Waals surface area contributed by atoms with Crippen LogP contribution in [0.15, 0.2) is 72.8 Å². The maximum Gasteiger partial charge on any atom is 0.261 e. The quantitative estimate of drug-likeness (QED) is 0.573. The summed E-state index contributed by atoms with van der Waals surface area (Å²) in [7, 11) is 1.58. The first kappa shape index (κ1) is 20.3. The van der Waals surface area contributed by atoms with Crippen LogP contribution in [0.1, 0.15) is 36.6 Å². The van der Waals surface area contributed by atoms with Gasteiger partial charge in [0.05, 0.1) is 18.2 Å². The Labute approximate surface area is 180 Å². The predicted octanol–water partition coefficient (Wildman–Crippen LogP) is 3.95. The summed E-state index contributed by atoms with van der Waals surface area (Å²) in [6.07, 6.45) is 0. The van der Waals surface area contributed by atoms with Gasteiger partial charge in [0.15, 0.2) is 0 Å². The number of rotatable bonds is 6. The Balaban J connectivity index is 1.62. The number of carbonyl (C=O) groups is 3. The van der Waals surface area contributed by atoms with Crippen molar-refractivity contribution in [2.45, 2.75) is 6.92 Å². The van der Waals surface area contributed by atoms with Crippen LogP contribution < -0.4 is 9.64 Å². The molecular weight excluding hydrogens is 392 g/mol. The van der Waals surface area contributed by atoms with Gasteiger partial charge in [-0.2, -0.15) is 0 Å². The van der Waals surface area contributed by atoms with Crippen molar-refractivity contribution < 1.29 is 19.1 Å². The summed E-state index contributed by atoms with van der Waals surface area (Å²) in [6.45, 7) is 2.14. The molecule has 0 bridgehead atoms. The number of anilines is 1. The third-order valence-electron chi connectivity index (χ3n) is 5.43. The number of benzene rings is 3. The molecule has 0 unspecified atom stereocenters. The van der Waals surface area contributed by atoms with Crippen LogP contribution in [0.5, 0.6) is 5.75 Å². The second-order valence-corrected chi connectivity index (χ2v) is 7.28. The molecule has 6 heteroatoms. The van der Waals surface area contributed by atoms with Crippen molar-refractivity contribution >= 4 is 23.4 Å². The Morgan fingerprint density at radius 1 is 0.871 bits per heavy atom. The molecule has 6 nitrogen and oxygen atoms in total. The molecule has 0 saturated heterocycles. The molecule has 0 saturated carbocycles. The van der Waals surface area contributed by atoms with Crippen LogP contribution >= 0.6 is 0 Å². The number of fused-ring (bicyclic) bond motifs is 1. The first-order valence-corrected chi connectivity index (χ1v) is 9.98. The number of carbonyl (C=O) groups excluding carboxylic acids is 3. The number of imide groups is 1. The molecule has 0 spiro atoms. The summed E-state index contributed by atoms with van der Waals surface area (Å²) in [5.41, 5.74) is 2.88. The van der Waals surface area contributed by atoms with E-state index in [9.17, 15) is 14.4 Å². The summed E-state index contributed by atoms with van der Waals surface area (Å²) in [4.78, 5) is 41.6. The molecule has 1 aliphatic rings. The van der Waals surface area contributed by atoms with Gasteiger partial charge in [0.1, 0.15) is 5.75 Å². The molecule has 0 aliphatic carbocycles. The number of methoxy groups -OCH3 is 1. The molecule has 31 heavy (non-hydrogen) atoms. The third kappa shape index (κ3) is 3.80. The molecule has 3 amide bonds. The van der Waals surface area contributed by atoms with E-state index in [0.717, 1.165) is 5.56 Å². The molecule has 3 aromatic rings. The van der Waals surface area contributed by atoms with Crippen molar-refractivity contribution in [3.8, 4) is 5.75 Å². The van der Waals surface area contributed by atoms with Crippen LogP contribution in [0.2, 0.25) is 0 Å². The van der Waals surface area contributed by atoms with E-state index in [1.165, 1.54) is 4.90 Å². The number of amides is 3. The first-order chi connectivity index (χ1) is 15.0. The monoisotopic (exact) mass is 414 g/mol. The maximum atomic E-state index is 13.4. The number of ether oxygens (including phenoxy) is 1. The van der Waals surface area contributed by atoms with E-state index in [1.54, 1.807) is 66.6 Å². The van der Waals surface area contributed by atoms with Crippen LogP contribution in [-0.2, 0) is 0 Å². The lowest BCUT2D eigenvalue weighted by Crippen LogP contribution is -2.41. The lowest BCUT2D eigenvalue weighted by molar-refractivity contribution is 0.0654. The third-order valence-corrected chi connectivity index (χ3v) is 5.43. The fourth-order valence-electron chi connectivity index (χ4n) is 3.71. The van der Waals surface area contributed by atoms with E-state index in [2.05, 4.69) is 0 Å². The summed E-state index contributed by atoms with van der Waals surface area (Å²) in [5, 5.41) is 0. The van der Waals surface area contributed by atoms with Gasteiger partial charge in [-0.25, -0.2) is 0 Å². The molecule has 156 valence electrons. The van der Waals surface area contributed by atoms with Crippen LogP contribution in [0.25, 0.3) is 0 Å². The van der Waals surface area contributed by atoms with E-state index in [0.29, 0.717) is 28.1 Å². The van der Waals surface area contributed by atoms with Crippen LogP contribution in [0.4, 0.5) is 5.69 Å². The average molecular weight is 414 g/mol. The average Bonchev–Trinajstić information content (AvgIpc) is 3.04. The zero-order chi connectivity index (χ0) is 22.0. The Kier molecular flexibility index (Phi) is 5.54. The topological polar surface area (TPSA) is 66.9 Å². The molecule has 0 radical (unpaired) electrons. The van der Waals surface area contributed by atoms with Crippen molar-refractivity contribution in [2.75, 3.05) is 25.1 Å². The SMILES string of the molecule is COc1ccc(N(CCN2C(=O)c3ccccc3C2=O)C(=O)c2ccccc2C)cc1. The van der Waals surface area contributed by atoms with Crippen molar-refractivity contribution in [3.05, 3.63) is 95.1 Å². The number of hydrogen-bond donors (Lipinski definition) is 0. The molecular formula is C25H22N2O4. The second-order valence-electron chi connectivity index (χ2n) is 7.28. The van der Waals surface area contributed by atoms with Crippen molar-refractivity contribution in [1.29, 1.82) is 0 Å². The number of hydrogen-bond acceptors (Lipinski definition) is 4. The van der Waals surface area contributed by atoms with E-state index in [1.807, 2.05) is 25.1 Å². The van der Waals surface area contributed by atoms with Crippen molar-refractivity contribution in [1.82, 2.24) is 4.90 Å². The lowest BCUT2D eigenvalue weighted by atomic mass is 10.1. The first-order valence-electron chi connectivity index (χ1n) is 9.98. The molecule has 3 aromatic carbocycles. The maximum absolute atomic E-state index is 13.4. The summed E-state index contributed by atoms with van der Waals surface area (Å²) in [6, 6.07) is 21.2. The van der Waals surface area contributed by atoms with Gasteiger partial charge in [0.2, 0.25) is 0 Å². The fraction of sp³-hybridized carbons (Fsp3) is 0.160. The Morgan fingerprint density at radius 2 is 1.45 bits per heavy atom.